The number of aromatic nitrogens is 1. The first-order valence-electron chi connectivity index (χ1n) is 9.55. The molecule has 0 bridgehead atoms. The van der Waals surface area contributed by atoms with Crippen LogP contribution < -0.4 is 4.74 Å². The SMILES string of the molecule is CC(C)(C)OC(=O)N1CCC(OC2CC(COc3ccncc3)C2)CC1. The fourth-order valence-electron chi connectivity index (χ4n) is 3.34. The van der Waals surface area contributed by atoms with Crippen LogP contribution in [0.15, 0.2) is 24.5 Å². The fourth-order valence-corrected chi connectivity index (χ4v) is 3.34. The molecule has 1 aromatic heterocycles. The third-order valence-electron chi connectivity index (χ3n) is 4.81. The largest absolute Gasteiger partial charge is 0.493 e. The number of piperidine rings is 1. The lowest BCUT2D eigenvalue weighted by molar-refractivity contribution is -0.0990. The third-order valence-corrected chi connectivity index (χ3v) is 4.81. The Bertz CT molecular complexity index is 573. The zero-order valence-corrected chi connectivity index (χ0v) is 16.0. The van der Waals surface area contributed by atoms with Gasteiger partial charge in [0.05, 0.1) is 18.8 Å². The smallest absolute Gasteiger partial charge is 0.410 e. The number of carbonyl (C=O) groups is 1. The Kier molecular flexibility index (Phi) is 6.01. The lowest BCUT2D eigenvalue weighted by Crippen LogP contribution is -2.45. The number of ether oxygens (including phenoxy) is 3. The van der Waals surface area contributed by atoms with Crippen molar-refractivity contribution in [1.82, 2.24) is 9.88 Å². The maximum atomic E-state index is 12.1. The molecule has 1 saturated heterocycles. The number of rotatable bonds is 5. The van der Waals surface area contributed by atoms with Crippen LogP contribution in [0.4, 0.5) is 4.79 Å². The van der Waals surface area contributed by atoms with E-state index in [0.717, 1.165) is 38.0 Å². The van der Waals surface area contributed by atoms with E-state index in [9.17, 15) is 4.79 Å². The van der Waals surface area contributed by atoms with E-state index >= 15 is 0 Å². The summed E-state index contributed by atoms with van der Waals surface area (Å²) < 4.78 is 17.4. The molecule has 2 aliphatic rings. The minimum Gasteiger partial charge on any atom is -0.493 e. The molecule has 1 aliphatic carbocycles. The highest BCUT2D eigenvalue weighted by molar-refractivity contribution is 5.68. The number of hydrogen-bond acceptors (Lipinski definition) is 5. The Balaban J connectivity index is 1.30. The average Bonchev–Trinajstić information content (AvgIpc) is 2.56. The predicted octanol–water partition coefficient (Wildman–Crippen LogP) is 3.66. The van der Waals surface area contributed by atoms with Crippen molar-refractivity contribution in [3.8, 4) is 5.75 Å². The molecule has 0 radical (unpaired) electrons. The highest BCUT2D eigenvalue weighted by Crippen LogP contribution is 2.33. The Hall–Kier alpha value is -1.82. The van der Waals surface area contributed by atoms with Gasteiger partial charge < -0.3 is 19.1 Å². The number of hydrogen-bond donors (Lipinski definition) is 0. The van der Waals surface area contributed by atoms with E-state index in [1.807, 2.05) is 32.9 Å². The van der Waals surface area contributed by atoms with E-state index in [-0.39, 0.29) is 12.2 Å². The fraction of sp³-hybridized carbons (Fsp3) is 0.700. The molecule has 1 saturated carbocycles. The van der Waals surface area contributed by atoms with Gasteiger partial charge in [-0.05, 0) is 64.5 Å². The van der Waals surface area contributed by atoms with Crippen molar-refractivity contribution in [1.29, 1.82) is 0 Å². The van der Waals surface area contributed by atoms with Crippen molar-refractivity contribution in [2.45, 2.75) is 64.3 Å². The molecule has 1 aliphatic heterocycles. The first-order chi connectivity index (χ1) is 12.4. The van der Waals surface area contributed by atoms with Gasteiger partial charge in [0, 0.05) is 25.5 Å². The molecule has 26 heavy (non-hydrogen) atoms. The zero-order chi connectivity index (χ0) is 18.6. The van der Waals surface area contributed by atoms with E-state index in [4.69, 9.17) is 14.2 Å². The standard InChI is InChI=1S/C20H30N2O4/c1-20(2,3)26-19(23)22-10-6-17(7-11-22)25-18-12-15(13-18)14-24-16-4-8-21-9-5-16/h4-5,8-9,15,17-18H,6-7,10-14H2,1-3H3. The summed E-state index contributed by atoms with van der Waals surface area (Å²) in [5.74, 6) is 1.44. The summed E-state index contributed by atoms with van der Waals surface area (Å²) in [6.45, 7) is 7.84. The molecule has 144 valence electrons. The van der Waals surface area contributed by atoms with Gasteiger partial charge in [0.25, 0.3) is 0 Å². The van der Waals surface area contributed by atoms with Crippen molar-refractivity contribution in [2.24, 2.45) is 5.92 Å². The van der Waals surface area contributed by atoms with Crippen LogP contribution in [0.2, 0.25) is 0 Å². The van der Waals surface area contributed by atoms with Crippen molar-refractivity contribution < 1.29 is 19.0 Å². The van der Waals surface area contributed by atoms with Gasteiger partial charge in [-0.2, -0.15) is 0 Å². The molecule has 0 spiro atoms. The zero-order valence-electron chi connectivity index (χ0n) is 16.0. The first kappa shape index (κ1) is 19.0. The lowest BCUT2D eigenvalue weighted by atomic mass is 9.82. The number of likely N-dealkylation sites (tertiary alicyclic amines) is 1. The van der Waals surface area contributed by atoms with Crippen LogP contribution in [0.5, 0.6) is 5.75 Å². The first-order valence-corrected chi connectivity index (χ1v) is 9.55. The number of carbonyl (C=O) groups excluding carboxylic acids is 1. The highest BCUT2D eigenvalue weighted by atomic mass is 16.6. The van der Waals surface area contributed by atoms with Crippen molar-refractivity contribution in [3.63, 3.8) is 0 Å². The van der Waals surface area contributed by atoms with Crippen molar-refractivity contribution >= 4 is 6.09 Å². The highest BCUT2D eigenvalue weighted by Gasteiger charge is 2.34. The predicted molar refractivity (Wildman–Crippen MR) is 98.2 cm³/mol. The summed E-state index contributed by atoms with van der Waals surface area (Å²) in [4.78, 5) is 17.9. The number of nitrogens with zero attached hydrogens (tertiary/aromatic N) is 2. The summed E-state index contributed by atoms with van der Waals surface area (Å²) in [6, 6.07) is 3.76. The Labute approximate surface area is 155 Å². The molecule has 0 unspecified atom stereocenters. The van der Waals surface area contributed by atoms with Gasteiger partial charge in [-0.3, -0.25) is 4.98 Å². The molecular weight excluding hydrogens is 332 g/mol. The molecule has 6 nitrogen and oxygen atoms in total. The molecule has 6 heteroatoms. The molecule has 2 fully saturated rings. The molecule has 0 aromatic carbocycles. The van der Waals surface area contributed by atoms with Gasteiger partial charge in [-0.15, -0.1) is 0 Å². The van der Waals surface area contributed by atoms with Crippen LogP contribution in [-0.4, -0.2) is 53.5 Å². The normalized spacial score (nSPS) is 24.0. The van der Waals surface area contributed by atoms with Crippen LogP contribution in [0.25, 0.3) is 0 Å². The van der Waals surface area contributed by atoms with Gasteiger partial charge in [0.2, 0.25) is 0 Å². The quantitative estimate of drug-likeness (QED) is 0.800. The van der Waals surface area contributed by atoms with E-state index < -0.39 is 5.60 Å². The van der Waals surface area contributed by atoms with Crippen LogP contribution in [0, 0.1) is 5.92 Å². The van der Waals surface area contributed by atoms with E-state index in [2.05, 4.69) is 4.98 Å². The summed E-state index contributed by atoms with van der Waals surface area (Å²) in [5.41, 5.74) is -0.441. The van der Waals surface area contributed by atoms with Crippen LogP contribution in [0.1, 0.15) is 46.5 Å². The molecule has 0 N–H and O–H groups in total. The molecule has 1 aromatic rings. The lowest BCUT2D eigenvalue weighted by Gasteiger charge is -2.40. The summed E-state index contributed by atoms with van der Waals surface area (Å²) in [6.07, 6.45) is 7.72. The van der Waals surface area contributed by atoms with E-state index in [0.29, 0.717) is 25.1 Å². The second-order valence-corrected chi connectivity index (χ2v) is 8.26. The maximum absolute atomic E-state index is 12.1. The molecular formula is C20H30N2O4. The van der Waals surface area contributed by atoms with Crippen LogP contribution in [-0.2, 0) is 9.47 Å². The Morgan fingerprint density at radius 2 is 1.81 bits per heavy atom. The summed E-state index contributed by atoms with van der Waals surface area (Å²) >= 11 is 0. The maximum Gasteiger partial charge on any atom is 0.410 e. The molecule has 0 atom stereocenters. The Morgan fingerprint density at radius 1 is 1.15 bits per heavy atom. The molecule has 3 rings (SSSR count). The van der Waals surface area contributed by atoms with Crippen LogP contribution in [0.3, 0.4) is 0 Å². The molecule has 2 heterocycles. The van der Waals surface area contributed by atoms with Gasteiger partial charge in [0.1, 0.15) is 11.4 Å². The van der Waals surface area contributed by atoms with Crippen molar-refractivity contribution in [2.75, 3.05) is 19.7 Å². The van der Waals surface area contributed by atoms with Gasteiger partial charge in [0.15, 0.2) is 0 Å². The number of pyridine rings is 1. The average molecular weight is 362 g/mol. The minimum atomic E-state index is -0.441. The number of amides is 1. The van der Waals surface area contributed by atoms with Crippen LogP contribution >= 0.6 is 0 Å². The Morgan fingerprint density at radius 3 is 2.42 bits per heavy atom. The van der Waals surface area contributed by atoms with E-state index in [1.54, 1.807) is 17.3 Å². The summed E-state index contributed by atoms with van der Waals surface area (Å²) in [5, 5.41) is 0. The van der Waals surface area contributed by atoms with Gasteiger partial charge in [-0.1, -0.05) is 0 Å². The minimum absolute atomic E-state index is 0.215. The van der Waals surface area contributed by atoms with Gasteiger partial charge >= 0.3 is 6.09 Å². The van der Waals surface area contributed by atoms with Gasteiger partial charge in [-0.25, -0.2) is 4.79 Å². The van der Waals surface area contributed by atoms with E-state index in [1.165, 1.54) is 0 Å². The summed E-state index contributed by atoms with van der Waals surface area (Å²) in [7, 11) is 0. The second-order valence-electron chi connectivity index (χ2n) is 8.26. The monoisotopic (exact) mass is 362 g/mol. The van der Waals surface area contributed by atoms with Crippen molar-refractivity contribution in [3.05, 3.63) is 24.5 Å². The second kappa shape index (κ2) is 8.25. The topological polar surface area (TPSA) is 60.9 Å². The molecule has 1 amide bonds. The third kappa shape index (κ3) is 5.59.